The predicted octanol–water partition coefficient (Wildman–Crippen LogP) is 5.06. The summed E-state index contributed by atoms with van der Waals surface area (Å²) in [6.07, 6.45) is 11.4. The van der Waals surface area contributed by atoms with Gasteiger partial charge in [-0.2, -0.15) is 0 Å². The molecule has 5 rings (SSSR count). The third kappa shape index (κ3) is 2.94. The predicted molar refractivity (Wildman–Crippen MR) is 111 cm³/mol. The minimum absolute atomic E-state index is 0.179. The van der Waals surface area contributed by atoms with E-state index in [2.05, 4.69) is 20.8 Å². The van der Waals surface area contributed by atoms with Crippen LogP contribution >= 0.6 is 0 Å². The fraction of sp³-hybridized carbons (Fsp3) is 1.00. The summed E-state index contributed by atoms with van der Waals surface area (Å²) < 4.78 is 11.4. The molecule has 0 radical (unpaired) electrons. The lowest BCUT2D eigenvalue weighted by molar-refractivity contribution is -0.160. The second kappa shape index (κ2) is 6.69. The van der Waals surface area contributed by atoms with Gasteiger partial charge in [-0.3, -0.25) is 0 Å². The van der Waals surface area contributed by atoms with Crippen LogP contribution in [0.5, 0.6) is 0 Å². The van der Waals surface area contributed by atoms with Crippen molar-refractivity contribution in [1.82, 2.24) is 0 Å². The molecule has 4 saturated carbocycles. The minimum atomic E-state index is -0.562. The van der Waals surface area contributed by atoms with Gasteiger partial charge in [-0.1, -0.05) is 20.3 Å². The van der Waals surface area contributed by atoms with E-state index in [0.717, 1.165) is 60.9 Å². The second-order valence-corrected chi connectivity index (χ2v) is 12.0. The summed E-state index contributed by atoms with van der Waals surface area (Å²) in [5, 5.41) is 11.0. The van der Waals surface area contributed by atoms with Crippen LogP contribution in [0.25, 0.3) is 0 Å². The van der Waals surface area contributed by atoms with E-state index in [1.54, 1.807) is 7.11 Å². The molecule has 28 heavy (non-hydrogen) atoms. The average molecular weight is 391 g/mol. The molecule has 4 aliphatic carbocycles. The highest BCUT2D eigenvalue weighted by Crippen LogP contribution is 2.67. The van der Waals surface area contributed by atoms with Gasteiger partial charge in [-0.15, -0.1) is 0 Å². The minimum Gasteiger partial charge on any atom is -0.387 e. The largest absolute Gasteiger partial charge is 0.387 e. The number of ether oxygens (including phenoxy) is 2. The van der Waals surface area contributed by atoms with Crippen LogP contribution < -0.4 is 0 Å². The highest BCUT2D eigenvalue weighted by Gasteiger charge is 2.63. The van der Waals surface area contributed by atoms with Gasteiger partial charge in [0.2, 0.25) is 0 Å². The third-order valence-corrected chi connectivity index (χ3v) is 10.5. The lowest BCUT2D eigenvalue weighted by Crippen LogP contribution is -2.58. The molecular weight excluding hydrogens is 348 g/mol. The molecule has 5 fully saturated rings. The smallest absolute Gasteiger partial charge is 0.0921 e. The molecule has 0 bridgehead atoms. The summed E-state index contributed by atoms with van der Waals surface area (Å²) in [6, 6.07) is 0. The summed E-state index contributed by atoms with van der Waals surface area (Å²) in [5.41, 5.74) is 0.0914. The Morgan fingerprint density at radius 2 is 1.71 bits per heavy atom. The van der Waals surface area contributed by atoms with Gasteiger partial charge >= 0.3 is 0 Å². The molecule has 10 atom stereocenters. The molecule has 0 aromatic carbocycles. The Hall–Kier alpha value is -0.120. The number of methoxy groups -OCH3 is 1. The van der Waals surface area contributed by atoms with Gasteiger partial charge in [-0.25, -0.2) is 0 Å². The SMILES string of the molecule is COC[C@@]1(O)CC[C@H]2[C@H](CC[C@@H]3[C@@H]2CC[C@@]2(C)[C@H]3[C@H](C)CC[C@@H]2C2(C)CO2)C1. The topological polar surface area (TPSA) is 42.0 Å². The number of aliphatic hydroxyl groups is 1. The highest BCUT2D eigenvalue weighted by molar-refractivity contribution is 5.12. The van der Waals surface area contributed by atoms with Crippen molar-refractivity contribution < 1.29 is 14.6 Å². The lowest BCUT2D eigenvalue weighted by atomic mass is 9.42. The maximum absolute atomic E-state index is 11.0. The van der Waals surface area contributed by atoms with Crippen LogP contribution in [0.3, 0.4) is 0 Å². The number of fused-ring (bicyclic) bond motifs is 5. The Labute approximate surface area is 171 Å². The zero-order valence-corrected chi connectivity index (χ0v) is 18.6. The van der Waals surface area contributed by atoms with Crippen molar-refractivity contribution >= 4 is 0 Å². The van der Waals surface area contributed by atoms with Crippen LogP contribution in [0, 0.1) is 46.8 Å². The van der Waals surface area contributed by atoms with E-state index < -0.39 is 5.60 Å². The normalized spacial score (nSPS) is 58.4. The van der Waals surface area contributed by atoms with Crippen molar-refractivity contribution in [2.45, 2.75) is 89.8 Å². The summed E-state index contributed by atoms with van der Waals surface area (Å²) >= 11 is 0. The summed E-state index contributed by atoms with van der Waals surface area (Å²) in [7, 11) is 1.73. The molecule has 0 spiro atoms. The number of epoxide rings is 1. The van der Waals surface area contributed by atoms with Crippen LogP contribution in [0.2, 0.25) is 0 Å². The van der Waals surface area contributed by atoms with E-state index in [1.807, 2.05) is 0 Å². The van der Waals surface area contributed by atoms with Crippen molar-refractivity contribution in [2.24, 2.45) is 46.8 Å². The molecule has 3 heteroatoms. The fourth-order valence-corrected chi connectivity index (χ4v) is 9.37. The van der Waals surface area contributed by atoms with E-state index in [9.17, 15) is 5.11 Å². The summed E-state index contributed by atoms with van der Waals surface area (Å²) in [6.45, 7) is 9.09. The van der Waals surface area contributed by atoms with Gasteiger partial charge in [0.05, 0.1) is 24.4 Å². The first-order valence-electron chi connectivity index (χ1n) is 12.1. The standard InChI is InChI=1S/C25H42O3/c1-16-5-8-21(24(3)14-28-24)23(2)11-9-19-18-10-12-25(26,15-27-4)13-17(18)6-7-20(19)22(16)23/h16-22,26H,5-15H2,1-4H3/t16-,17-,18+,19-,20-,21+,22+,23-,24?,25-/m1/s1. The zero-order chi connectivity index (χ0) is 19.7. The summed E-state index contributed by atoms with van der Waals surface area (Å²) in [5.74, 6) is 5.89. The number of hydrogen-bond donors (Lipinski definition) is 1. The Balaban J connectivity index is 1.38. The van der Waals surface area contributed by atoms with Gasteiger partial charge in [-0.05, 0) is 105 Å². The maximum Gasteiger partial charge on any atom is 0.0921 e. The van der Waals surface area contributed by atoms with Gasteiger partial charge in [0, 0.05) is 7.11 Å². The molecule has 0 aromatic heterocycles. The van der Waals surface area contributed by atoms with Crippen LogP contribution in [-0.4, -0.2) is 36.6 Å². The van der Waals surface area contributed by atoms with Crippen LogP contribution in [-0.2, 0) is 9.47 Å². The quantitative estimate of drug-likeness (QED) is 0.685. The van der Waals surface area contributed by atoms with Crippen molar-refractivity contribution in [3.05, 3.63) is 0 Å². The number of rotatable bonds is 3. The van der Waals surface area contributed by atoms with Gasteiger partial charge in [0.25, 0.3) is 0 Å². The molecule has 160 valence electrons. The molecule has 1 heterocycles. The van der Waals surface area contributed by atoms with Crippen LogP contribution in [0.15, 0.2) is 0 Å². The van der Waals surface area contributed by atoms with E-state index >= 15 is 0 Å². The van der Waals surface area contributed by atoms with Gasteiger partial charge in [0.1, 0.15) is 0 Å². The molecule has 1 saturated heterocycles. The fourth-order valence-electron chi connectivity index (χ4n) is 9.37. The first-order valence-corrected chi connectivity index (χ1v) is 12.1. The third-order valence-electron chi connectivity index (χ3n) is 10.5. The molecule has 0 aromatic rings. The van der Waals surface area contributed by atoms with Crippen molar-refractivity contribution in [2.75, 3.05) is 20.3 Å². The second-order valence-electron chi connectivity index (χ2n) is 12.0. The van der Waals surface area contributed by atoms with E-state index in [1.165, 1.54) is 44.9 Å². The molecule has 1 unspecified atom stereocenters. The van der Waals surface area contributed by atoms with E-state index in [0.29, 0.717) is 12.0 Å². The first kappa shape index (κ1) is 19.8. The van der Waals surface area contributed by atoms with E-state index in [4.69, 9.17) is 9.47 Å². The van der Waals surface area contributed by atoms with Gasteiger partial charge in [0.15, 0.2) is 0 Å². The Morgan fingerprint density at radius 3 is 2.43 bits per heavy atom. The molecular formula is C25H42O3. The zero-order valence-electron chi connectivity index (χ0n) is 18.6. The molecule has 5 aliphatic rings. The Bertz CT molecular complexity index is 601. The maximum atomic E-state index is 11.0. The van der Waals surface area contributed by atoms with Crippen LogP contribution in [0.1, 0.15) is 78.6 Å². The lowest BCUT2D eigenvalue weighted by Gasteiger charge is -2.63. The Morgan fingerprint density at radius 1 is 0.964 bits per heavy atom. The van der Waals surface area contributed by atoms with Crippen LogP contribution in [0.4, 0.5) is 0 Å². The molecule has 0 amide bonds. The number of hydrogen-bond acceptors (Lipinski definition) is 3. The van der Waals surface area contributed by atoms with Crippen molar-refractivity contribution in [1.29, 1.82) is 0 Å². The highest BCUT2D eigenvalue weighted by atomic mass is 16.6. The molecule has 1 aliphatic heterocycles. The summed E-state index contributed by atoms with van der Waals surface area (Å²) in [4.78, 5) is 0. The average Bonchev–Trinajstić information content (AvgIpc) is 3.38. The van der Waals surface area contributed by atoms with Crippen molar-refractivity contribution in [3.8, 4) is 0 Å². The Kier molecular flexibility index (Phi) is 4.73. The molecule has 1 N–H and O–H groups in total. The first-order chi connectivity index (χ1) is 13.3. The van der Waals surface area contributed by atoms with Gasteiger partial charge < -0.3 is 14.6 Å². The molecule has 3 nitrogen and oxygen atoms in total. The van der Waals surface area contributed by atoms with Crippen molar-refractivity contribution in [3.63, 3.8) is 0 Å². The monoisotopic (exact) mass is 390 g/mol. The van der Waals surface area contributed by atoms with E-state index in [-0.39, 0.29) is 5.60 Å².